The van der Waals surface area contributed by atoms with Crippen molar-refractivity contribution in [1.82, 2.24) is 14.9 Å². The smallest absolute Gasteiger partial charge is 0.420 e. The highest BCUT2D eigenvalue weighted by Crippen LogP contribution is 2.35. The fraction of sp³-hybridized carbons (Fsp3) is 0.500. The van der Waals surface area contributed by atoms with E-state index in [2.05, 4.69) is 20.2 Å². The Hall–Kier alpha value is -2.95. The predicted octanol–water partition coefficient (Wildman–Crippen LogP) is 5.35. The number of hydrogen-bond donors (Lipinski definition) is 1. The van der Waals surface area contributed by atoms with Crippen LogP contribution < -0.4 is 15.0 Å². The Bertz CT molecular complexity index is 1050. The first kappa shape index (κ1) is 25.7. The zero-order valence-electron chi connectivity index (χ0n) is 19.5. The molecule has 34 heavy (non-hydrogen) atoms. The normalized spacial score (nSPS) is 16.9. The molecule has 0 spiro atoms. The number of carbonyl (C=O) groups excluding carboxylic acids is 1. The van der Waals surface area contributed by atoms with E-state index in [1.165, 1.54) is 7.11 Å². The maximum Gasteiger partial charge on any atom is 0.420 e. The summed E-state index contributed by atoms with van der Waals surface area (Å²) in [5.41, 5.74) is -0.348. The number of amides is 1. The fourth-order valence-corrected chi connectivity index (χ4v) is 3.73. The van der Waals surface area contributed by atoms with E-state index >= 15 is 0 Å². The van der Waals surface area contributed by atoms with Gasteiger partial charge in [-0.25, -0.2) is 14.8 Å². The number of anilines is 3. The third kappa shape index (κ3) is 6.13. The van der Waals surface area contributed by atoms with Crippen LogP contribution in [-0.2, 0) is 10.9 Å². The second-order valence-electron chi connectivity index (χ2n) is 8.87. The summed E-state index contributed by atoms with van der Waals surface area (Å²) in [5, 5.41) is 2.14. The highest BCUT2D eigenvalue weighted by Gasteiger charge is 2.35. The molecule has 1 aromatic carbocycles. The number of benzene rings is 1. The lowest BCUT2D eigenvalue weighted by Crippen LogP contribution is -2.55. The Morgan fingerprint density at radius 1 is 1.24 bits per heavy atom. The molecule has 0 bridgehead atoms. The summed E-state index contributed by atoms with van der Waals surface area (Å²) in [4.78, 5) is 23.7. The Morgan fingerprint density at radius 2 is 1.94 bits per heavy atom. The summed E-state index contributed by atoms with van der Waals surface area (Å²) >= 11 is 5.68. The van der Waals surface area contributed by atoms with Crippen LogP contribution in [-0.4, -0.2) is 59.3 Å². The molecule has 1 aliphatic rings. The van der Waals surface area contributed by atoms with Gasteiger partial charge in [0.1, 0.15) is 22.1 Å². The van der Waals surface area contributed by atoms with Crippen LogP contribution in [0.1, 0.15) is 33.3 Å². The molecular formula is C22H27ClF3N5O3. The molecule has 1 atom stereocenters. The lowest BCUT2D eigenvalue weighted by Gasteiger charge is -2.41. The monoisotopic (exact) mass is 501 g/mol. The number of methoxy groups -OCH3 is 1. The second kappa shape index (κ2) is 9.73. The summed E-state index contributed by atoms with van der Waals surface area (Å²) in [5.74, 6) is 0.350. The lowest BCUT2D eigenvalue weighted by molar-refractivity contribution is -0.137. The largest absolute Gasteiger partial charge is 0.494 e. The molecule has 0 radical (unpaired) electrons. The quantitative estimate of drug-likeness (QED) is 0.566. The Morgan fingerprint density at radius 3 is 2.50 bits per heavy atom. The molecular weight excluding hydrogens is 475 g/mol. The van der Waals surface area contributed by atoms with Crippen LogP contribution in [0.15, 0.2) is 24.4 Å². The Labute approximate surface area is 201 Å². The molecule has 3 rings (SSSR count). The van der Waals surface area contributed by atoms with E-state index in [1.807, 2.05) is 33.8 Å². The summed E-state index contributed by atoms with van der Waals surface area (Å²) in [6, 6.07) is 5.28. The van der Waals surface area contributed by atoms with Gasteiger partial charge >= 0.3 is 12.3 Å². The highest BCUT2D eigenvalue weighted by atomic mass is 35.5. The average molecular weight is 502 g/mol. The number of aromatic nitrogens is 2. The van der Waals surface area contributed by atoms with Crippen LogP contribution in [0.5, 0.6) is 5.75 Å². The van der Waals surface area contributed by atoms with Gasteiger partial charge in [-0.1, -0.05) is 11.6 Å². The van der Waals surface area contributed by atoms with Crippen molar-refractivity contribution in [3.8, 4) is 5.75 Å². The topological polar surface area (TPSA) is 79.8 Å². The van der Waals surface area contributed by atoms with Gasteiger partial charge in [0.2, 0.25) is 5.95 Å². The summed E-state index contributed by atoms with van der Waals surface area (Å²) < 4.78 is 49.6. The molecule has 0 aliphatic carbocycles. The van der Waals surface area contributed by atoms with E-state index in [-0.39, 0.29) is 18.1 Å². The maximum atomic E-state index is 12.9. The van der Waals surface area contributed by atoms with Crippen LogP contribution in [0.3, 0.4) is 0 Å². The number of piperazine rings is 1. The first-order chi connectivity index (χ1) is 15.8. The number of rotatable bonds is 4. The van der Waals surface area contributed by atoms with Gasteiger partial charge in [0.15, 0.2) is 0 Å². The van der Waals surface area contributed by atoms with Crippen molar-refractivity contribution in [2.24, 2.45) is 0 Å². The summed E-state index contributed by atoms with van der Waals surface area (Å²) in [6.07, 6.45) is -4.35. The molecule has 0 saturated carbocycles. The molecule has 8 nitrogen and oxygen atoms in total. The molecule has 1 unspecified atom stereocenters. The van der Waals surface area contributed by atoms with Gasteiger partial charge in [0, 0.05) is 43.6 Å². The number of ether oxygens (including phenoxy) is 2. The first-order valence-electron chi connectivity index (χ1n) is 10.6. The maximum absolute atomic E-state index is 12.9. The number of halogens is 4. The number of alkyl halides is 3. The van der Waals surface area contributed by atoms with Crippen LogP contribution in [0.4, 0.5) is 35.3 Å². The molecule has 1 fully saturated rings. The molecule has 1 amide bonds. The first-order valence-corrected chi connectivity index (χ1v) is 11.0. The molecule has 2 heterocycles. The zero-order chi connectivity index (χ0) is 25.3. The molecule has 1 aromatic heterocycles. The van der Waals surface area contributed by atoms with Gasteiger partial charge in [0.05, 0.1) is 12.8 Å². The second-order valence-corrected chi connectivity index (χ2v) is 9.23. The van der Waals surface area contributed by atoms with Gasteiger partial charge < -0.3 is 24.6 Å². The van der Waals surface area contributed by atoms with Crippen LogP contribution >= 0.6 is 11.6 Å². The number of nitrogens with one attached hydrogen (secondary N) is 1. The van der Waals surface area contributed by atoms with Crippen LogP contribution in [0.2, 0.25) is 5.15 Å². The van der Waals surface area contributed by atoms with Gasteiger partial charge in [-0.2, -0.15) is 13.2 Å². The molecule has 2 aromatic rings. The Kier molecular flexibility index (Phi) is 7.35. The molecule has 12 heteroatoms. The zero-order valence-corrected chi connectivity index (χ0v) is 20.3. The highest BCUT2D eigenvalue weighted by molar-refractivity contribution is 6.30. The number of carbonyl (C=O) groups is 1. The standard InChI is InChI=1S/C22H27ClF3N5O3/c1-13-12-30(8-9-31(13)20(32)34-21(2,3)4)14-6-7-16(17(10-14)33-5)28-19-27-11-15(18(23)29-19)22(24,25)26/h6-7,10-11,13H,8-9,12H2,1-5H3,(H,27,28,29). The summed E-state index contributed by atoms with van der Waals surface area (Å²) in [7, 11) is 1.48. The van der Waals surface area contributed by atoms with Crippen molar-refractivity contribution in [3.63, 3.8) is 0 Å². The molecule has 1 saturated heterocycles. The SMILES string of the molecule is COc1cc(N2CCN(C(=O)OC(C)(C)C)C(C)C2)ccc1Nc1ncc(C(F)(F)F)c(Cl)n1. The average Bonchev–Trinajstić information content (AvgIpc) is 2.71. The molecule has 1 aliphatic heterocycles. The van der Waals surface area contributed by atoms with E-state index in [0.717, 1.165) is 5.69 Å². The third-order valence-electron chi connectivity index (χ3n) is 5.10. The van der Waals surface area contributed by atoms with Gasteiger partial charge in [0.25, 0.3) is 0 Å². The van der Waals surface area contributed by atoms with Gasteiger partial charge in [-0.15, -0.1) is 0 Å². The minimum Gasteiger partial charge on any atom is -0.494 e. The van der Waals surface area contributed by atoms with Crippen molar-refractivity contribution >= 4 is 35.0 Å². The van der Waals surface area contributed by atoms with Crippen molar-refractivity contribution in [3.05, 3.63) is 35.1 Å². The van der Waals surface area contributed by atoms with E-state index in [1.54, 1.807) is 17.0 Å². The fourth-order valence-electron chi connectivity index (χ4n) is 3.50. The summed E-state index contributed by atoms with van der Waals surface area (Å²) in [6.45, 7) is 9.13. The van der Waals surface area contributed by atoms with Crippen molar-refractivity contribution in [1.29, 1.82) is 0 Å². The van der Waals surface area contributed by atoms with Crippen LogP contribution in [0.25, 0.3) is 0 Å². The minimum absolute atomic E-state index is 0.0740. The third-order valence-corrected chi connectivity index (χ3v) is 5.39. The van der Waals surface area contributed by atoms with E-state index in [9.17, 15) is 18.0 Å². The van der Waals surface area contributed by atoms with Crippen LogP contribution in [0, 0.1) is 0 Å². The Balaban J connectivity index is 1.72. The number of nitrogens with zero attached hydrogens (tertiary/aromatic N) is 4. The van der Waals surface area contributed by atoms with Gasteiger partial charge in [-0.05, 0) is 39.8 Å². The molecule has 1 N–H and O–H groups in total. The van der Waals surface area contributed by atoms with E-state index in [0.29, 0.717) is 37.3 Å². The van der Waals surface area contributed by atoms with Crippen molar-refractivity contribution in [2.45, 2.75) is 45.5 Å². The lowest BCUT2D eigenvalue weighted by atomic mass is 10.1. The van der Waals surface area contributed by atoms with E-state index in [4.69, 9.17) is 21.1 Å². The van der Waals surface area contributed by atoms with Crippen molar-refractivity contribution < 1.29 is 27.4 Å². The van der Waals surface area contributed by atoms with Gasteiger partial charge in [-0.3, -0.25) is 0 Å². The van der Waals surface area contributed by atoms with E-state index < -0.39 is 22.5 Å². The van der Waals surface area contributed by atoms with Crippen molar-refractivity contribution in [2.75, 3.05) is 37.0 Å². The number of hydrogen-bond acceptors (Lipinski definition) is 7. The molecule has 186 valence electrons. The predicted molar refractivity (Wildman–Crippen MR) is 123 cm³/mol. The minimum atomic E-state index is -4.64.